The molecule has 1 atom stereocenters. The molecule has 1 aromatic carbocycles. The molecule has 0 unspecified atom stereocenters. The van der Waals surface area contributed by atoms with Crippen LogP contribution in [-0.4, -0.2) is 17.3 Å². The number of nitro groups is 1. The van der Waals surface area contributed by atoms with E-state index in [-0.39, 0.29) is 18.7 Å². The van der Waals surface area contributed by atoms with E-state index in [4.69, 9.17) is 4.42 Å². The highest BCUT2D eigenvalue weighted by molar-refractivity contribution is 5.96. The lowest BCUT2D eigenvalue weighted by Gasteiger charge is -2.09. The van der Waals surface area contributed by atoms with E-state index in [0.29, 0.717) is 11.3 Å². The molecular weight excluding hydrogens is 246 g/mol. The number of nitrogens with zero attached hydrogens (tertiary/aromatic N) is 1. The number of hydrogen-bond donors (Lipinski definition) is 0. The molecule has 0 radical (unpaired) electrons. The van der Waals surface area contributed by atoms with Crippen molar-refractivity contribution in [2.75, 3.05) is 6.54 Å². The molecule has 1 heterocycles. The van der Waals surface area contributed by atoms with Crippen LogP contribution in [0.5, 0.6) is 0 Å². The fraction of sp³-hybridized carbons (Fsp3) is 0.214. The predicted octanol–water partition coefficient (Wildman–Crippen LogP) is 2.91. The lowest BCUT2D eigenvalue weighted by Crippen LogP contribution is -2.16. The molecule has 0 spiro atoms. The lowest BCUT2D eigenvalue weighted by molar-refractivity contribution is -0.483. The van der Waals surface area contributed by atoms with Crippen molar-refractivity contribution >= 4 is 5.78 Å². The Balaban J connectivity index is 2.12. The fourth-order valence-corrected chi connectivity index (χ4v) is 1.92. The predicted molar refractivity (Wildman–Crippen MR) is 68.7 cm³/mol. The molecule has 0 bridgehead atoms. The number of carbonyl (C=O) groups is 1. The summed E-state index contributed by atoms with van der Waals surface area (Å²) in [5.74, 6) is -0.178. The topological polar surface area (TPSA) is 73.3 Å². The molecule has 1 aromatic heterocycles. The molecule has 19 heavy (non-hydrogen) atoms. The van der Waals surface area contributed by atoms with Gasteiger partial charge in [-0.25, -0.2) is 0 Å². The van der Waals surface area contributed by atoms with Crippen molar-refractivity contribution in [1.82, 2.24) is 0 Å². The van der Waals surface area contributed by atoms with E-state index in [1.165, 1.54) is 6.26 Å². The molecule has 0 fully saturated rings. The van der Waals surface area contributed by atoms with Gasteiger partial charge in [0.15, 0.2) is 5.78 Å². The normalized spacial score (nSPS) is 12.0. The molecule has 0 N–H and O–H groups in total. The van der Waals surface area contributed by atoms with Crippen LogP contribution in [0.3, 0.4) is 0 Å². The standard InChI is InChI=1S/C14H13NO4/c16-13(11-5-2-1-3-6-11)9-12(10-15(17)18)14-7-4-8-19-14/h1-8,12H,9-10H2/t12-/m0/s1. The molecule has 5 nitrogen and oxygen atoms in total. The second-order valence-corrected chi connectivity index (χ2v) is 4.22. The molecule has 5 heteroatoms. The van der Waals surface area contributed by atoms with E-state index in [1.54, 1.807) is 36.4 Å². The maximum atomic E-state index is 12.1. The Morgan fingerprint density at radius 2 is 1.95 bits per heavy atom. The fourth-order valence-electron chi connectivity index (χ4n) is 1.92. The molecule has 0 saturated heterocycles. The Labute approximate surface area is 110 Å². The number of carbonyl (C=O) groups excluding carboxylic acids is 1. The third-order valence-electron chi connectivity index (χ3n) is 2.84. The van der Waals surface area contributed by atoms with Crippen molar-refractivity contribution < 1.29 is 14.1 Å². The van der Waals surface area contributed by atoms with Gasteiger partial charge in [0.2, 0.25) is 6.54 Å². The summed E-state index contributed by atoms with van der Waals surface area (Å²) in [6.07, 6.45) is 1.52. The highest BCUT2D eigenvalue weighted by Crippen LogP contribution is 2.22. The summed E-state index contributed by atoms with van der Waals surface area (Å²) in [6, 6.07) is 12.1. The van der Waals surface area contributed by atoms with E-state index in [0.717, 1.165) is 0 Å². The molecule has 98 valence electrons. The van der Waals surface area contributed by atoms with Gasteiger partial charge < -0.3 is 4.42 Å². The Morgan fingerprint density at radius 1 is 1.21 bits per heavy atom. The van der Waals surface area contributed by atoms with Gasteiger partial charge in [-0.1, -0.05) is 30.3 Å². The van der Waals surface area contributed by atoms with Crippen LogP contribution in [0.25, 0.3) is 0 Å². The average Bonchev–Trinajstić information content (AvgIpc) is 2.92. The van der Waals surface area contributed by atoms with Crippen LogP contribution in [-0.2, 0) is 0 Å². The minimum Gasteiger partial charge on any atom is -0.469 e. The Bertz CT molecular complexity index is 548. The second-order valence-electron chi connectivity index (χ2n) is 4.22. The van der Waals surface area contributed by atoms with E-state index < -0.39 is 10.8 Å². The third kappa shape index (κ3) is 3.51. The monoisotopic (exact) mass is 259 g/mol. The SMILES string of the molecule is O=C(C[C@@H](C[N+](=O)[O-])c1ccco1)c1ccccc1. The molecule has 0 aliphatic carbocycles. The summed E-state index contributed by atoms with van der Waals surface area (Å²) in [4.78, 5) is 22.3. The van der Waals surface area contributed by atoms with E-state index in [1.807, 2.05) is 6.07 Å². The molecule has 0 aliphatic heterocycles. The van der Waals surface area contributed by atoms with Gasteiger partial charge in [0, 0.05) is 16.9 Å². The van der Waals surface area contributed by atoms with Crippen molar-refractivity contribution in [1.29, 1.82) is 0 Å². The van der Waals surface area contributed by atoms with Crippen LogP contribution in [0.15, 0.2) is 53.1 Å². The van der Waals surface area contributed by atoms with Crippen molar-refractivity contribution in [3.63, 3.8) is 0 Å². The van der Waals surface area contributed by atoms with Crippen molar-refractivity contribution in [3.05, 3.63) is 70.2 Å². The lowest BCUT2D eigenvalue weighted by atomic mass is 9.96. The summed E-state index contributed by atoms with van der Waals surface area (Å²) in [5.41, 5.74) is 0.558. The maximum Gasteiger partial charge on any atom is 0.214 e. The summed E-state index contributed by atoms with van der Waals surface area (Å²) in [7, 11) is 0. The molecule has 0 amide bonds. The Morgan fingerprint density at radius 3 is 2.53 bits per heavy atom. The van der Waals surface area contributed by atoms with Crippen molar-refractivity contribution in [2.45, 2.75) is 12.3 Å². The number of benzene rings is 1. The van der Waals surface area contributed by atoms with Crippen LogP contribution >= 0.6 is 0 Å². The first-order chi connectivity index (χ1) is 9.16. The van der Waals surface area contributed by atoms with Gasteiger partial charge in [0.05, 0.1) is 12.2 Å². The Kier molecular flexibility index (Phi) is 4.07. The number of rotatable bonds is 6. The minimum atomic E-state index is -0.530. The average molecular weight is 259 g/mol. The highest BCUT2D eigenvalue weighted by atomic mass is 16.6. The van der Waals surface area contributed by atoms with Gasteiger partial charge in [-0.2, -0.15) is 0 Å². The number of Topliss-reactive ketones (excluding diaryl/α,β-unsaturated/α-hetero) is 1. The van der Waals surface area contributed by atoms with Gasteiger partial charge >= 0.3 is 0 Å². The number of furan rings is 1. The van der Waals surface area contributed by atoms with Gasteiger partial charge in [-0.05, 0) is 12.1 Å². The summed E-state index contributed by atoms with van der Waals surface area (Å²) in [6.45, 7) is -0.313. The molecular formula is C14H13NO4. The summed E-state index contributed by atoms with van der Waals surface area (Å²) >= 11 is 0. The van der Waals surface area contributed by atoms with Crippen LogP contribution in [0.2, 0.25) is 0 Å². The molecule has 0 aliphatic rings. The minimum absolute atomic E-state index is 0.0680. The third-order valence-corrected chi connectivity index (χ3v) is 2.84. The zero-order valence-corrected chi connectivity index (χ0v) is 10.2. The number of ketones is 1. The highest BCUT2D eigenvalue weighted by Gasteiger charge is 2.24. The molecule has 2 rings (SSSR count). The summed E-state index contributed by atoms with van der Waals surface area (Å²) < 4.78 is 5.18. The first kappa shape index (κ1) is 13.0. The number of hydrogen-bond acceptors (Lipinski definition) is 4. The van der Waals surface area contributed by atoms with E-state index in [9.17, 15) is 14.9 Å². The summed E-state index contributed by atoms with van der Waals surface area (Å²) in [5, 5.41) is 10.7. The van der Waals surface area contributed by atoms with Gasteiger partial charge in [-0.3, -0.25) is 14.9 Å². The van der Waals surface area contributed by atoms with Crippen LogP contribution in [0, 0.1) is 10.1 Å². The van der Waals surface area contributed by atoms with Crippen LogP contribution in [0.1, 0.15) is 28.5 Å². The van der Waals surface area contributed by atoms with Crippen LogP contribution in [0.4, 0.5) is 0 Å². The quantitative estimate of drug-likeness (QED) is 0.454. The second kappa shape index (κ2) is 5.95. The Hall–Kier alpha value is -2.43. The van der Waals surface area contributed by atoms with Crippen molar-refractivity contribution in [3.8, 4) is 0 Å². The maximum absolute atomic E-state index is 12.1. The molecule has 2 aromatic rings. The zero-order valence-electron chi connectivity index (χ0n) is 10.2. The van der Waals surface area contributed by atoms with Crippen molar-refractivity contribution in [2.24, 2.45) is 0 Å². The smallest absolute Gasteiger partial charge is 0.214 e. The molecule has 0 saturated carbocycles. The first-order valence-electron chi connectivity index (χ1n) is 5.90. The van der Waals surface area contributed by atoms with E-state index in [2.05, 4.69) is 0 Å². The van der Waals surface area contributed by atoms with Gasteiger partial charge in [0.25, 0.3) is 0 Å². The zero-order chi connectivity index (χ0) is 13.7. The largest absolute Gasteiger partial charge is 0.469 e. The van der Waals surface area contributed by atoms with E-state index >= 15 is 0 Å². The van der Waals surface area contributed by atoms with Gasteiger partial charge in [-0.15, -0.1) is 0 Å². The van der Waals surface area contributed by atoms with Gasteiger partial charge in [0.1, 0.15) is 5.76 Å². The van der Waals surface area contributed by atoms with Crippen LogP contribution < -0.4 is 0 Å². The first-order valence-corrected chi connectivity index (χ1v) is 5.90.